The molecule has 34 heavy (non-hydrogen) atoms. The summed E-state index contributed by atoms with van der Waals surface area (Å²) in [6, 6.07) is 10.7. The van der Waals surface area contributed by atoms with E-state index in [4.69, 9.17) is 18.9 Å². The van der Waals surface area contributed by atoms with Crippen molar-refractivity contribution in [2.75, 3.05) is 11.8 Å². The molecule has 0 aliphatic carbocycles. The Balaban J connectivity index is 1.22. The summed E-state index contributed by atoms with van der Waals surface area (Å²) in [7, 11) is -1.59. The van der Waals surface area contributed by atoms with Crippen molar-refractivity contribution in [2.45, 2.75) is 51.7 Å². The van der Waals surface area contributed by atoms with E-state index in [1.807, 2.05) is 39.8 Å². The van der Waals surface area contributed by atoms with Crippen molar-refractivity contribution in [3.8, 4) is 23.0 Å². The van der Waals surface area contributed by atoms with Crippen molar-refractivity contribution < 1.29 is 32.7 Å². The fraction of sp³-hybridized carbons (Fsp3) is 0.417. The zero-order chi connectivity index (χ0) is 24.5. The van der Waals surface area contributed by atoms with Gasteiger partial charge in [-0.05, 0) is 39.8 Å². The van der Waals surface area contributed by atoms with Gasteiger partial charge in [-0.3, -0.25) is 4.21 Å². The molecule has 0 unspecified atom stereocenters. The maximum atomic E-state index is 12.2. The van der Waals surface area contributed by atoms with Crippen molar-refractivity contribution in [2.24, 2.45) is 0 Å². The second kappa shape index (κ2) is 9.17. The van der Waals surface area contributed by atoms with Gasteiger partial charge in [0, 0.05) is 24.0 Å². The van der Waals surface area contributed by atoms with Crippen molar-refractivity contribution in [3.63, 3.8) is 0 Å². The summed E-state index contributed by atoms with van der Waals surface area (Å²) in [6.45, 7) is 7.82. The Morgan fingerprint density at radius 3 is 1.65 bits per heavy atom. The molecule has 0 aromatic heterocycles. The highest BCUT2D eigenvalue weighted by atomic mass is 32.2. The minimum atomic E-state index is -1.59. The number of benzene rings is 2. The van der Waals surface area contributed by atoms with E-state index >= 15 is 0 Å². The van der Waals surface area contributed by atoms with Crippen LogP contribution in [0.15, 0.2) is 36.4 Å². The second-order valence-corrected chi connectivity index (χ2v) is 10.9. The Hall–Kier alpha value is -3.27. The van der Waals surface area contributed by atoms with Gasteiger partial charge in [-0.25, -0.2) is 9.59 Å². The van der Waals surface area contributed by atoms with Crippen LogP contribution in [0.25, 0.3) is 0 Å². The number of ether oxygens (including phenoxy) is 4. The Bertz CT molecular complexity index is 1060. The van der Waals surface area contributed by atoms with Gasteiger partial charge in [0.05, 0.1) is 22.6 Å². The quantitative estimate of drug-likeness (QED) is 0.638. The van der Waals surface area contributed by atoms with E-state index in [1.54, 1.807) is 24.3 Å². The van der Waals surface area contributed by atoms with Crippen LogP contribution in [0.3, 0.4) is 0 Å². The summed E-state index contributed by atoms with van der Waals surface area (Å²) in [5.41, 5.74) is 1.17. The van der Waals surface area contributed by atoms with Gasteiger partial charge in [0.1, 0.15) is 11.2 Å². The van der Waals surface area contributed by atoms with E-state index in [1.165, 1.54) is 0 Å². The molecule has 0 spiro atoms. The van der Waals surface area contributed by atoms with Crippen LogP contribution in [-0.4, -0.2) is 39.4 Å². The van der Waals surface area contributed by atoms with Crippen molar-refractivity contribution in [3.05, 3.63) is 47.5 Å². The summed E-state index contributed by atoms with van der Waals surface area (Å²) in [5, 5.41) is 4.86. The number of fused-ring (bicyclic) bond motifs is 2. The maximum absolute atomic E-state index is 12.2. The molecule has 0 atom stereocenters. The first-order valence-corrected chi connectivity index (χ1v) is 12.4. The fourth-order valence-corrected chi connectivity index (χ4v) is 4.60. The molecule has 2 aromatic rings. The normalized spacial score (nSPS) is 16.6. The van der Waals surface area contributed by atoms with E-state index in [2.05, 4.69) is 10.6 Å². The fourth-order valence-electron chi connectivity index (χ4n) is 3.94. The highest BCUT2D eigenvalue weighted by Gasteiger charge is 2.34. The third kappa shape index (κ3) is 5.61. The van der Waals surface area contributed by atoms with Gasteiger partial charge < -0.3 is 29.6 Å². The molecular formula is C24H28N2O7S. The summed E-state index contributed by atoms with van der Waals surface area (Å²) in [4.78, 5) is 24.3. The minimum absolute atomic E-state index is 0.210. The maximum Gasteiger partial charge on any atom is 0.413 e. The third-order valence-electron chi connectivity index (χ3n) is 5.27. The number of nitrogens with one attached hydrogen (secondary N) is 2. The minimum Gasteiger partial charge on any atom is -0.483 e. The van der Waals surface area contributed by atoms with E-state index in [-0.39, 0.29) is 23.0 Å². The standard InChI is InChI=1S/C24H28N2O7S/c1-23(2)11-15-7-5-9-17(19(15)32-23)30-21(27)25-13-34(29)14-26-22(28)31-18-10-6-8-16-12-24(3,4)33-20(16)18/h5-10H,11-14H2,1-4H3,(H,25,27)(H,26,28). The summed E-state index contributed by atoms with van der Waals surface area (Å²) >= 11 is 0. The van der Waals surface area contributed by atoms with Crippen LogP contribution in [0.2, 0.25) is 0 Å². The third-order valence-corrected chi connectivity index (χ3v) is 6.20. The molecule has 10 heteroatoms. The highest BCUT2D eigenvalue weighted by molar-refractivity contribution is 7.84. The van der Waals surface area contributed by atoms with Crippen LogP contribution in [0.5, 0.6) is 23.0 Å². The Kier molecular flexibility index (Phi) is 6.44. The van der Waals surface area contributed by atoms with Gasteiger partial charge in [-0.15, -0.1) is 0 Å². The van der Waals surface area contributed by atoms with Gasteiger partial charge in [-0.1, -0.05) is 24.3 Å². The molecule has 0 fully saturated rings. The largest absolute Gasteiger partial charge is 0.483 e. The smallest absolute Gasteiger partial charge is 0.413 e. The van der Waals surface area contributed by atoms with Gasteiger partial charge in [0.2, 0.25) is 0 Å². The van der Waals surface area contributed by atoms with Crippen LogP contribution in [-0.2, 0) is 23.6 Å². The molecule has 2 aromatic carbocycles. The van der Waals surface area contributed by atoms with Gasteiger partial charge in [0.25, 0.3) is 0 Å². The lowest BCUT2D eigenvalue weighted by Gasteiger charge is -2.18. The van der Waals surface area contributed by atoms with Gasteiger partial charge >= 0.3 is 12.2 Å². The number of carbonyl (C=O) groups is 2. The molecule has 2 aliphatic heterocycles. The topological polar surface area (TPSA) is 112 Å². The molecule has 2 aliphatic rings. The lowest BCUT2D eigenvalue weighted by molar-refractivity contribution is 0.133. The molecule has 2 amide bonds. The number of hydrogen-bond donors (Lipinski definition) is 2. The van der Waals surface area contributed by atoms with Crippen molar-refractivity contribution in [1.82, 2.24) is 10.6 Å². The van der Waals surface area contributed by atoms with Gasteiger partial charge in [0.15, 0.2) is 23.0 Å². The molecule has 0 saturated heterocycles. The average Bonchev–Trinajstić information content (AvgIpc) is 3.25. The molecule has 2 N–H and O–H groups in total. The average molecular weight is 489 g/mol. The summed E-state index contributed by atoms with van der Waals surface area (Å²) in [5.74, 6) is 1.25. The van der Waals surface area contributed by atoms with E-state index in [9.17, 15) is 13.8 Å². The number of para-hydroxylation sites is 2. The molecule has 2 heterocycles. The molecule has 0 saturated carbocycles. The Morgan fingerprint density at radius 1 is 0.824 bits per heavy atom. The second-order valence-electron chi connectivity index (χ2n) is 9.43. The highest BCUT2D eigenvalue weighted by Crippen LogP contribution is 2.42. The van der Waals surface area contributed by atoms with Crippen molar-refractivity contribution in [1.29, 1.82) is 0 Å². The summed E-state index contributed by atoms with van der Waals surface area (Å²) in [6.07, 6.45) is -0.111. The SMILES string of the molecule is CC1(C)Cc2cccc(OC(=O)NCS(=O)CNC(=O)Oc3cccc4c3OC(C)(C)C4)c2O1. The van der Waals surface area contributed by atoms with Crippen LogP contribution < -0.4 is 29.6 Å². The first kappa shape index (κ1) is 23.9. The Morgan fingerprint density at radius 2 is 1.24 bits per heavy atom. The molecular weight excluding hydrogens is 460 g/mol. The monoisotopic (exact) mass is 488 g/mol. The molecule has 0 bridgehead atoms. The predicted molar refractivity (Wildman–Crippen MR) is 126 cm³/mol. The van der Waals surface area contributed by atoms with Gasteiger partial charge in [-0.2, -0.15) is 0 Å². The van der Waals surface area contributed by atoms with Crippen molar-refractivity contribution >= 4 is 23.0 Å². The van der Waals surface area contributed by atoms with E-state index in [0.29, 0.717) is 35.8 Å². The van der Waals surface area contributed by atoms with E-state index in [0.717, 1.165) is 11.1 Å². The van der Waals surface area contributed by atoms with Crippen LogP contribution in [0.4, 0.5) is 9.59 Å². The van der Waals surface area contributed by atoms with Crippen LogP contribution in [0, 0.1) is 0 Å². The number of carbonyl (C=O) groups excluding carboxylic acids is 2. The molecule has 182 valence electrons. The first-order valence-electron chi connectivity index (χ1n) is 10.9. The number of hydrogen-bond acceptors (Lipinski definition) is 7. The predicted octanol–water partition coefficient (Wildman–Crippen LogP) is 3.65. The number of amides is 2. The van der Waals surface area contributed by atoms with E-state index < -0.39 is 23.0 Å². The summed E-state index contributed by atoms with van der Waals surface area (Å²) < 4.78 is 34.6. The number of rotatable bonds is 6. The van der Waals surface area contributed by atoms with Crippen LogP contribution >= 0.6 is 0 Å². The first-order chi connectivity index (χ1) is 16.0. The zero-order valence-corrected chi connectivity index (χ0v) is 20.4. The molecule has 9 nitrogen and oxygen atoms in total. The molecule has 0 radical (unpaired) electrons. The van der Waals surface area contributed by atoms with Crippen LogP contribution in [0.1, 0.15) is 38.8 Å². The lowest BCUT2D eigenvalue weighted by Crippen LogP contribution is -2.36. The lowest BCUT2D eigenvalue weighted by atomic mass is 10.0. The molecule has 4 rings (SSSR count). The Labute approximate surface area is 200 Å². The zero-order valence-electron chi connectivity index (χ0n) is 19.6.